The lowest BCUT2D eigenvalue weighted by Gasteiger charge is -2.39. The van der Waals surface area contributed by atoms with Crippen molar-refractivity contribution in [2.24, 2.45) is 29.6 Å². The highest BCUT2D eigenvalue weighted by atomic mass is 16.7. The Hall–Kier alpha value is -5.77. The van der Waals surface area contributed by atoms with E-state index in [1.807, 2.05) is 34.6 Å². The molecule has 4 heterocycles. The van der Waals surface area contributed by atoms with E-state index >= 15 is 0 Å². The largest absolute Gasteiger partial charge is 0.507 e. The molecule has 2 aromatic carbocycles. The number of rotatable bonds is 8. The molecule has 1 aliphatic carbocycles. The fourth-order valence-electron chi connectivity index (χ4n) is 8.92. The molecule has 3 N–H and O–H groups in total. The van der Waals surface area contributed by atoms with E-state index in [0.29, 0.717) is 24.4 Å². The standard InChI is InChI=1S/C50H63N3O12/c1-13-53(14-2)21-23-61-33-18-19-34-36(24-33)64-47-40(51-34)37-38-43(56)31(9)46-39(37)48(58)50(11,65-46)62-22-20-35(60-12)30(8)45(63-32(10)54)29(7)27(5)28(6)42(55)25(3)16-15-17-26(4)49(59)52-41(47)44(38)57/h15-20,22,24-25,27-30,35,42,45,55-56H,13-14,21,23H2,1-12H3,(H,52,59)/b16-15+,22-20+,26-17-/t25-,27+,28-,29+,30+,35-,42-,45-,50-/m0/s1. The summed E-state index contributed by atoms with van der Waals surface area (Å²) in [7, 11) is 1.51. The number of Topliss-reactive ketones (excluding diaryl/α,β-unsaturated/α-hetero) is 1. The average molecular weight is 898 g/mol. The Labute approximate surface area is 379 Å². The molecule has 0 saturated carbocycles. The van der Waals surface area contributed by atoms with Crippen LogP contribution in [0.2, 0.25) is 0 Å². The van der Waals surface area contributed by atoms with E-state index < -0.39 is 58.9 Å². The van der Waals surface area contributed by atoms with Crippen molar-refractivity contribution in [2.45, 2.75) is 100 Å². The zero-order chi connectivity index (χ0) is 47.7. The van der Waals surface area contributed by atoms with Crippen LogP contribution >= 0.6 is 0 Å². The molecule has 65 heavy (non-hydrogen) atoms. The smallest absolute Gasteiger partial charge is 0.312 e. The SMILES string of the molecule is CCN(CC)CCOc1ccc2nc3c4c5c6c(C)c(O)c4c(=O)c(c-3oc2c1)NC(=O)/C(C)=C\C=C\[C@H](C)[C@H](O)[C@@H](C)[C@@H](C)[C@@H](C)[C@H](OC(C)=O)[C@H](C)[C@@H](OC)/C=C/O[C@@](C)(O6)C5=O. The van der Waals surface area contributed by atoms with Gasteiger partial charge in [-0.15, -0.1) is 0 Å². The molecule has 15 nitrogen and oxygen atoms in total. The van der Waals surface area contributed by atoms with Crippen molar-refractivity contribution in [2.75, 3.05) is 38.7 Å². The van der Waals surface area contributed by atoms with E-state index in [1.54, 1.807) is 49.4 Å². The number of aliphatic hydroxyl groups is 1. The number of benzene rings is 3. The maximum Gasteiger partial charge on any atom is 0.312 e. The maximum atomic E-state index is 14.8. The molecule has 350 valence electrons. The lowest BCUT2D eigenvalue weighted by Crippen LogP contribution is -2.43. The third-order valence-corrected chi connectivity index (χ3v) is 13.5. The minimum atomic E-state index is -2.00. The summed E-state index contributed by atoms with van der Waals surface area (Å²) in [4.78, 5) is 63.1. The number of ketones is 1. The highest BCUT2D eigenvalue weighted by Crippen LogP contribution is 2.50. The number of fused-ring (bicyclic) bond motifs is 14. The van der Waals surface area contributed by atoms with Crippen LogP contribution in [0, 0.1) is 36.5 Å². The fourth-order valence-corrected chi connectivity index (χ4v) is 8.92. The number of anilines is 1. The van der Waals surface area contributed by atoms with Gasteiger partial charge in [0.15, 0.2) is 11.3 Å². The van der Waals surface area contributed by atoms with Crippen molar-refractivity contribution in [1.29, 1.82) is 0 Å². The van der Waals surface area contributed by atoms with Crippen LogP contribution in [-0.4, -0.2) is 95.2 Å². The number of nitrogens with zero attached hydrogens (tertiary/aromatic N) is 2. The first kappa shape index (κ1) is 48.7. The number of allylic oxidation sites excluding steroid dienone is 2. The minimum absolute atomic E-state index is 0.00180. The first-order valence-electron chi connectivity index (χ1n) is 22.4. The summed E-state index contributed by atoms with van der Waals surface area (Å²) in [6.07, 6.45) is 5.76. The van der Waals surface area contributed by atoms with Crippen LogP contribution in [0.3, 0.4) is 0 Å². The number of phenols is 1. The van der Waals surface area contributed by atoms with Crippen LogP contribution in [0.1, 0.15) is 85.2 Å². The number of aromatic nitrogens is 1. The first-order valence-corrected chi connectivity index (χ1v) is 22.4. The molecular formula is C50H63N3O12. The van der Waals surface area contributed by atoms with Gasteiger partial charge in [0.05, 0.1) is 29.4 Å². The third-order valence-electron chi connectivity index (χ3n) is 13.5. The number of esters is 1. The molecule has 1 amide bonds. The molecule has 0 saturated heterocycles. The number of aromatic hydroxyl groups is 1. The van der Waals surface area contributed by atoms with Gasteiger partial charge in [0.2, 0.25) is 5.43 Å². The van der Waals surface area contributed by atoms with E-state index in [1.165, 1.54) is 34.1 Å². The van der Waals surface area contributed by atoms with Crippen LogP contribution in [0.5, 0.6) is 17.2 Å². The molecule has 4 aliphatic heterocycles. The predicted molar refractivity (Wildman–Crippen MR) is 247 cm³/mol. The third kappa shape index (κ3) is 9.50. The minimum Gasteiger partial charge on any atom is -0.507 e. The van der Waals surface area contributed by atoms with Gasteiger partial charge in [-0.25, -0.2) is 4.98 Å². The molecule has 9 atom stereocenters. The van der Waals surface area contributed by atoms with Gasteiger partial charge >= 0.3 is 11.8 Å². The molecule has 2 aromatic rings. The first-order chi connectivity index (χ1) is 30.8. The lowest BCUT2D eigenvalue weighted by atomic mass is 9.73. The zero-order valence-electron chi connectivity index (χ0n) is 39.4. The number of hydrogen-bond acceptors (Lipinski definition) is 14. The average Bonchev–Trinajstić information content (AvgIpc) is 3.55. The molecule has 0 fully saturated rings. The lowest BCUT2D eigenvalue weighted by molar-refractivity contribution is -0.157. The number of amides is 1. The summed E-state index contributed by atoms with van der Waals surface area (Å²) in [6.45, 7) is 22.5. The van der Waals surface area contributed by atoms with Crippen LogP contribution in [0.4, 0.5) is 5.69 Å². The van der Waals surface area contributed by atoms with Crippen molar-refractivity contribution < 1.29 is 52.7 Å². The van der Waals surface area contributed by atoms with Crippen molar-refractivity contribution in [3.05, 3.63) is 75.7 Å². The number of aliphatic hydroxyl groups excluding tert-OH is 1. The Morgan fingerprint density at radius 3 is 2.35 bits per heavy atom. The Balaban J connectivity index is 1.56. The highest BCUT2D eigenvalue weighted by Gasteiger charge is 2.50. The normalized spacial score (nSPS) is 28.5. The van der Waals surface area contributed by atoms with Crippen molar-refractivity contribution >= 4 is 45.2 Å². The number of phenolic OH excluding ortho intramolecular Hbond substituents is 1. The Morgan fingerprint density at radius 1 is 0.985 bits per heavy atom. The number of methoxy groups -OCH3 is 1. The zero-order valence-corrected chi connectivity index (χ0v) is 39.4. The molecule has 0 aromatic heterocycles. The number of ether oxygens (including phenoxy) is 5. The van der Waals surface area contributed by atoms with Gasteiger partial charge in [0.25, 0.3) is 11.7 Å². The fraction of sp³-hybridized carbons (Fsp3) is 0.500. The second-order valence-electron chi connectivity index (χ2n) is 17.6. The monoisotopic (exact) mass is 897 g/mol. The number of carbonyl (C=O) groups excluding carboxylic acids is 3. The molecule has 15 heteroatoms. The summed E-state index contributed by atoms with van der Waals surface area (Å²) >= 11 is 0. The van der Waals surface area contributed by atoms with E-state index in [4.69, 9.17) is 33.1 Å². The summed E-state index contributed by atoms with van der Waals surface area (Å²) in [6, 6.07) is 5.06. The molecule has 5 bridgehead atoms. The quantitative estimate of drug-likeness (QED) is 0.0876. The van der Waals surface area contributed by atoms with E-state index in [2.05, 4.69) is 24.1 Å². The summed E-state index contributed by atoms with van der Waals surface area (Å²) in [5, 5.41) is 25.8. The van der Waals surface area contributed by atoms with Crippen molar-refractivity contribution in [3.63, 3.8) is 0 Å². The maximum absolute atomic E-state index is 14.8. The molecule has 5 aliphatic rings. The van der Waals surface area contributed by atoms with Crippen molar-refractivity contribution in [1.82, 2.24) is 9.88 Å². The highest BCUT2D eigenvalue weighted by molar-refractivity contribution is 6.22. The molecule has 0 radical (unpaired) electrons. The van der Waals surface area contributed by atoms with Gasteiger partial charge in [0.1, 0.15) is 46.9 Å². The Morgan fingerprint density at radius 2 is 1.69 bits per heavy atom. The van der Waals surface area contributed by atoms with Gasteiger partial charge in [0, 0.05) is 61.9 Å². The van der Waals surface area contributed by atoms with E-state index in [-0.39, 0.29) is 79.6 Å². The summed E-state index contributed by atoms with van der Waals surface area (Å²) in [5.41, 5.74) is -0.334. The van der Waals surface area contributed by atoms with Crippen LogP contribution < -0.4 is 20.2 Å². The van der Waals surface area contributed by atoms with Gasteiger partial charge in [-0.3, -0.25) is 19.2 Å². The second-order valence-corrected chi connectivity index (χ2v) is 17.6. The van der Waals surface area contributed by atoms with Gasteiger partial charge in [-0.1, -0.05) is 66.7 Å². The predicted octanol–water partition coefficient (Wildman–Crippen LogP) is 7.94. The number of nitrogens with one attached hydrogen (secondary N) is 1. The van der Waals surface area contributed by atoms with Crippen LogP contribution in [0.15, 0.2) is 63.6 Å². The number of carbonyl (C=O) groups is 3. The molecular weight excluding hydrogens is 835 g/mol. The Kier molecular flexibility index (Phi) is 14.8. The number of likely N-dealkylation sites (N-methyl/N-ethyl adjacent to an activating group) is 1. The van der Waals surface area contributed by atoms with Crippen LogP contribution in [0.25, 0.3) is 33.3 Å². The summed E-state index contributed by atoms with van der Waals surface area (Å²) in [5.74, 6) is -5.41. The van der Waals surface area contributed by atoms with Crippen molar-refractivity contribution in [3.8, 4) is 28.7 Å². The number of hydrogen-bond donors (Lipinski definition) is 3. The van der Waals surface area contributed by atoms with E-state index in [9.17, 15) is 29.4 Å². The van der Waals surface area contributed by atoms with E-state index in [0.717, 1.165) is 13.1 Å². The summed E-state index contributed by atoms with van der Waals surface area (Å²) < 4.78 is 36.8. The Bertz CT molecular complexity index is 2580. The van der Waals surface area contributed by atoms with Gasteiger partial charge in [-0.05, 0) is 62.9 Å². The van der Waals surface area contributed by atoms with Crippen LogP contribution in [-0.2, 0) is 23.8 Å². The second kappa shape index (κ2) is 19.8. The van der Waals surface area contributed by atoms with Gasteiger partial charge in [-0.2, -0.15) is 0 Å². The molecule has 7 rings (SSSR count). The topological polar surface area (TPSA) is 196 Å². The molecule has 0 unspecified atom stereocenters. The van der Waals surface area contributed by atoms with Gasteiger partial charge < -0.3 is 48.5 Å². The molecule has 0 spiro atoms.